The number of aromatic nitrogens is 3. The van der Waals surface area contributed by atoms with Crippen LogP contribution in [0, 0.1) is 5.92 Å². The summed E-state index contributed by atoms with van der Waals surface area (Å²) >= 11 is 0. The summed E-state index contributed by atoms with van der Waals surface area (Å²) in [5.41, 5.74) is 11.6. The van der Waals surface area contributed by atoms with E-state index >= 15 is 0 Å². The van der Waals surface area contributed by atoms with Crippen molar-refractivity contribution in [2.24, 2.45) is 18.7 Å². The highest BCUT2D eigenvalue weighted by molar-refractivity contribution is 5.90. The number of methoxy groups -OCH3 is 1. The molecule has 1 saturated heterocycles. The number of benzene rings is 2. The average Bonchev–Trinajstić information content (AvgIpc) is 3.59. The number of hydrogen-bond acceptors (Lipinski definition) is 6. The summed E-state index contributed by atoms with van der Waals surface area (Å²) in [5.74, 6) is 0.638. The number of nitrogens with one attached hydrogen (secondary N) is 1. The lowest BCUT2D eigenvalue weighted by Crippen LogP contribution is -2.52. The molecule has 0 radical (unpaired) electrons. The summed E-state index contributed by atoms with van der Waals surface area (Å²) in [5, 5.41) is 11.4. The summed E-state index contributed by atoms with van der Waals surface area (Å²) in [6.45, 7) is 5.13. The van der Waals surface area contributed by atoms with Crippen LogP contribution in [-0.2, 0) is 34.9 Å². The zero-order valence-electron chi connectivity index (χ0n) is 25.0. The third-order valence-corrected chi connectivity index (χ3v) is 8.75. The predicted octanol–water partition coefficient (Wildman–Crippen LogP) is 3.42. The van der Waals surface area contributed by atoms with Crippen LogP contribution in [0.4, 0.5) is 0 Å². The van der Waals surface area contributed by atoms with Gasteiger partial charge in [-0.2, -0.15) is 0 Å². The molecular weight excluding hydrogens is 528 g/mol. The first kappa shape index (κ1) is 29.5. The minimum atomic E-state index is -0.716. The van der Waals surface area contributed by atoms with Crippen molar-refractivity contribution in [1.29, 1.82) is 0 Å². The topological polar surface area (TPSA) is 115 Å². The van der Waals surface area contributed by atoms with Crippen molar-refractivity contribution in [2.45, 2.75) is 63.5 Å². The Morgan fingerprint density at radius 3 is 2.57 bits per heavy atom. The van der Waals surface area contributed by atoms with E-state index in [0.717, 1.165) is 53.1 Å². The molecule has 0 bridgehead atoms. The first-order chi connectivity index (χ1) is 20.1. The highest BCUT2D eigenvalue weighted by Crippen LogP contribution is 2.32. The molecule has 222 valence electrons. The monoisotopic (exact) mass is 570 g/mol. The first-order valence-corrected chi connectivity index (χ1v) is 14.7. The lowest BCUT2D eigenvalue weighted by Gasteiger charge is -2.32. The molecule has 9 nitrogen and oxygen atoms in total. The normalized spacial score (nSPS) is 19.2. The second-order valence-electron chi connectivity index (χ2n) is 12.3. The standard InChI is InChI=1S/C33H42N6O3/c1-33(2,25-8-6-5-7-9-25)19-27(34)32(41)39-21-24(16-22-10-13-26(42-4)14-11-22)18-30(39)31(40)35-20-23-12-15-29-28(17-23)36-37-38(29)3/h5-11,13-14,17,24,27,30H,12,15-16,18-21,34H2,1-4H3,(H,35,40). The molecule has 2 aliphatic rings. The number of amides is 2. The van der Waals surface area contributed by atoms with Crippen LogP contribution >= 0.6 is 0 Å². The van der Waals surface area contributed by atoms with Crippen LogP contribution in [-0.4, -0.2) is 64.0 Å². The highest BCUT2D eigenvalue weighted by Gasteiger charge is 2.42. The minimum absolute atomic E-state index is 0.138. The van der Waals surface area contributed by atoms with Crippen LogP contribution in [0.5, 0.6) is 5.75 Å². The Labute approximate surface area is 248 Å². The van der Waals surface area contributed by atoms with E-state index in [-0.39, 0.29) is 23.1 Å². The third-order valence-electron chi connectivity index (χ3n) is 8.75. The largest absolute Gasteiger partial charge is 0.497 e. The van der Waals surface area contributed by atoms with Gasteiger partial charge < -0.3 is 20.7 Å². The number of fused-ring (bicyclic) bond motifs is 1. The van der Waals surface area contributed by atoms with Crippen LogP contribution in [0.2, 0.25) is 0 Å². The molecule has 5 rings (SSSR count). The van der Waals surface area contributed by atoms with E-state index < -0.39 is 12.1 Å². The van der Waals surface area contributed by atoms with Gasteiger partial charge in [0.05, 0.1) is 18.8 Å². The Morgan fingerprint density at radius 2 is 1.86 bits per heavy atom. The van der Waals surface area contributed by atoms with E-state index in [1.54, 1.807) is 16.7 Å². The van der Waals surface area contributed by atoms with Crippen molar-refractivity contribution in [3.63, 3.8) is 0 Å². The number of nitrogens with zero attached hydrogens (tertiary/aromatic N) is 4. The number of likely N-dealkylation sites (tertiary alicyclic amines) is 1. The molecule has 42 heavy (non-hydrogen) atoms. The Morgan fingerprint density at radius 1 is 1.12 bits per heavy atom. The van der Waals surface area contributed by atoms with E-state index in [0.29, 0.717) is 25.9 Å². The maximum atomic E-state index is 13.9. The molecule has 3 N–H and O–H groups in total. The zero-order valence-corrected chi connectivity index (χ0v) is 25.0. The van der Waals surface area contributed by atoms with Crippen molar-refractivity contribution in [2.75, 3.05) is 20.2 Å². The van der Waals surface area contributed by atoms with Gasteiger partial charge in [0.25, 0.3) is 0 Å². The molecule has 0 saturated carbocycles. The molecule has 3 unspecified atom stereocenters. The lowest BCUT2D eigenvalue weighted by atomic mass is 9.79. The SMILES string of the molecule is COc1ccc(CC2CC(C(=O)NCC3=Cc4nnn(C)c4CC3)N(C(=O)C(N)CC(C)(C)c3ccccc3)C2)cc1. The quantitative estimate of drug-likeness (QED) is 0.386. The van der Waals surface area contributed by atoms with E-state index in [4.69, 9.17) is 10.5 Å². The molecule has 9 heteroatoms. The van der Waals surface area contributed by atoms with Crippen molar-refractivity contribution >= 4 is 17.9 Å². The number of ether oxygens (including phenoxy) is 1. The molecule has 2 heterocycles. The number of carbonyl (C=O) groups is 2. The van der Waals surface area contributed by atoms with Gasteiger partial charge in [0.1, 0.15) is 17.5 Å². The van der Waals surface area contributed by atoms with Crippen LogP contribution in [0.3, 0.4) is 0 Å². The summed E-state index contributed by atoms with van der Waals surface area (Å²) in [6, 6.07) is 16.8. The number of carbonyl (C=O) groups excluding carboxylic acids is 2. The van der Waals surface area contributed by atoms with Crippen LogP contribution in [0.25, 0.3) is 6.08 Å². The van der Waals surface area contributed by atoms with Gasteiger partial charge in [-0.1, -0.05) is 61.5 Å². The Hall–Kier alpha value is -3.98. The fourth-order valence-corrected chi connectivity index (χ4v) is 6.31. The fourth-order valence-electron chi connectivity index (χ4n) is 6.31. The van der Waals surface area contributed by atoms with Gasteiger partial charge in [0.2, 0.25) is 11.8 Å². The number of nitrogens with two attached hydrogens (primary N) is 1. The summed E-state index contributed by atoms with van der Waals surface area (Å²) < 4.78 is 7.10. The Bertz CT molecular complexity index is 1430. The maximum absolute atomic E-state index is 13.9. The van der Waals surface area contributed by atoms with Gasteiger partial charge in [-0.15, -0.1) is 5.10 Å². The molecule has 2 aromatic carbocycles. The van der Waals surface area contributed by atoms with Gasteiger partial charge in [0, 0.05) is 20.1 Å². The molecule has 0 spiro atoms. The zero-order chi connectivity index (χ0) is 29.9. The summed E-state index contributed by atoms with van der Waals surface area (Å²) in [7, 11) is 3.54. The Balaban J connectivity index is 1.29. The molecule has 2 amide bonds. The van der Waals surface area contributed by atoms with Crippen molar-refractivity contribution < 1.29 is 14.3 Å². The van der Waals surface area contributed by atoms with Gasteiger partial charge in [-0.05, 0) is 78.3 Å². The summed E-state index contributed by atoms with van der Waals surface area (Å²) in [6.07, 6.45) is 5.52. The van der Waals surface area contributed by atoms with Crippen LogP contribution in [0.1, 0.15) is 55.6 Å². The van der Waals surface area contributed by atoms with Gasteiger partial charge in [-0.25, -0.2) is 0 Å². The number of aryl methyl sites for hydroxylation is 1. The minimum Gasteiger partial charge on any atom is -0.497 e. The molecule has 1 aromatic heterocycles. The van der Waals surface area contributed by atoms with Gasteiger partial charge in [-0.3, -0.25) is 14.3 Å². The number of hydrogen-bond donors (Lipinski definition) is 2. The first-order valence-electron chi connectivity index (χ1n) is 14.7. The highest BCUT2D eigenvalue weighted by atomic mass is 16.5. The van der Waals surface area contributed by atoms with Crippen LogP contribution in [0.15, 0.2) is 60.2 Å². The van der Waals surface area contributed by atoms with Crippen molar-refractivity contribution in [1.82, 2.24) is 25.2 Å². The molecule has 1 aliphatic carbocycles. The second-order valence-corrected chi connectivity index (χ2v) is 12.3. The predicted molar refractivity (Wildman–Crippen MR) is 163 cm³/mol. The Kier molecular flexibility index (Phi) is 8.77. The molecule has 1 fully saturated rings. The maximum Gasteiger partial charge on any atom is 0.243 e. The van der Waals surface area contributed by atoms with E-state index in [1.807, 2.05) is 55.6 Å². The lowest BCUT2D eigenvalue weighted by molar-refractivity contribution is -0.139. The molecule has 1 aliphatic heterocycles. The van der Waals surface area contributed by atoms with Gasteiger partial charge in [0.15, 0.2) is 0 Å². The average molecular weight is 571 g/mol. The number of rotatable bonds is 10. The van der Waals surface area contributed by atoms with Crippen molar-refractivity contribution in [3.8, 4) is 5.75 Å². The fraction of sp³-hybridized carbons (Fsp3) is 0.455. The third kappa shape index (κ3) is 6.57. The smallest absolute Gasteiger partial charge is 0.243 e. The molecule has 3 aromatic rings. The van der Waals surface area contributed by atoms with Crippen molar-refractivity contribution in [3.05, 3.63) is 82.7 Å². The molecular formula is C33H42N6O3. The molecule has 3 atom stereocenters. The second kappa shape index (κ2) is 12.5. The summed E-state index contributed by atoms with van der Waals surface area (Å²) in [4.78, 5) is 29.2. The van der Waals surface area contributed by atoms with E-state index in [9.17, 15) is 9.59 Å². The van der Waals surface area contributed by atoms with E-state index in [2.05, 4.69) is 41.6 Å². The van der Waals surface area contributed by atoms with Crippen LogP contribution < -0.4 is 15.8 Å². The van der Waals surface area contributed by atoms with Gasteiger partial charge >= 0.3 is 0 Å². The van der Waals surface area contributed by atoms with E-state index in [1.165, 1.54) is 0 Å².